The molecule has 0 amide bonds. The maximum absolute atomic E-state index is 13.6. The van der Waals surface area contributed by atoms with Gasteiger partial charge in [-0.05, 0) is 60.6 Å². The first-order chi connectivity index (χ1) is 11.7. The van der Waals surface area contributed by atoms with Gasteiger partial charge >= 0.3 is 0 Å². The van der Waals surface area contributed by atoms with E-state index in [1.54, 1.807) is 12.1 Å². The van der Waals surface area contributed by atoms with Crippen molar-refractivity contribution in [3.63, 3.8) is 0 Å². The van der Waals surface area contributed by atoms with Crippen molar-refractivity contribution in [2.75, 3.05) is 5.32 Å². The van der Waals surface area contributed by atoms with E-state index in [0.717, 1.165) is 18.5 Å². The van der Waals surface area contributed by atoms with Gasteiger partial charge in [0.15, 0.2) is 5.96 Å². The molecule has 0 spiro atoms. The lowest BCUT2D eigenvalue weighted by molar-refractivity contribution is 0.621. The highest BCUT2D eigenvalue weighted by Gasteiger charge is 2.13. The van der Waals surface area contributed by atoms with Crippen LogP contribution in [-0.2, 0) is 19.4 Å². The molecule has 2 aromatic rings. The fourth-order valence-electron chi connectivity index (χ4n) is 3.00. The Morgan fingerprint density at radius 2 is 2.08 bits per heavy atom. The van der Waals surface area contributed by atoms with Gasteiger partial charge in [0, 0.05) is 5.69 Å². The Kier molecular flexibility index (Phi) is 4.76. The Morgan fingerprint density at radius 3 is 2.88 bits per heavy atom. The summed E-state index contributed by atoms with van der Waals surface area (Å²) in [5.74, 6) is -0.229. The summed E-state index contributed by atoms with van der Waals surface area (Å²) in [5.41, 5.74) is 10.4. The molecule has 0 saturated heterocycles. The number of aliphatic imine (C=N–C) groups is 1. The van der Waals surface area contributed by atoms with Crippen molar-refractivity contribution in [1.29, 1.82) is 5.26 Å². The number of fused-ring (bicyclic) bond motifs is 1. The quantitative estimate of drug-likeness (QED) is 0.671. The average Bonchev–Trinajstić information content (AvgIpc) is 2.60. The topological polar surface area (TPSA) is 74.2 Å². The number of nitrogens with two attached hydrogens (primary N) is 1. The highest BCUT2D eigenvalue weighted by Crippen LogP contribution is 2.27. The van der Waals surface area contributed by atoms with Crippen molar-refractivity contribution < 1.29 is 4.39 Å². The number of hydrogen-bond donors (Lipinski definition) is 2. The lowest BCUT2D eigenvalue weighted by atomic mass is 9.90. The third kappa shape index (κ3) is 3.54. The van der Waals surface area contributed by atoms with Gasteiger partial charge in [0.2, 0.25) is 0 Å². The van der Waals surface area contributed by atoms with Crippen molar-refractivity contribution in [2.24, 2.45) is 10.7 Å². The number of anilines is 1. The maximum atomic E-state index is 13.6. The summed E-state index contributed by atoms with van der Waals surface area (Å²) in [5, 5.41) is 11.9. The van der Waals surface area contributed by atoms with Crippen molar-refractivity contribution in [2.45, 2.75) is 32.2 Å². The van der Waals surface area contributed by atoms with Crippen LogP contribution in [0.15, 0.2) is 41.4 Å². The van der Waals surface area contributed by atoms with Crippen molar-refractivity contribution in [3.8, 4) is 6.07 Å². The predicted octanol–water partition coefficient (Wildman–Crippen LogP) is 3.50. The van der Waals surface area contributed by atoms with Crippen LogP contribution in [-0.4, -0.2) is 5.96 Å². The molecule has 0 fully saturated rings. The van der Waals surface area contributed by atoms with Crippen LogP contribution in [0, 0.1) is 17.1 Å². The standard InChI is InChI=1S/C19H19FN4/c20-17-10-13(8-9-15(17)11-21)12-23-19(22)24-18-7-3-5-14-4-1-2-6-16(14)18/h3,5,7-10H,1-2,4,6,12H2,(H3,22,23,24). The van der Waals surface area contributed by atoms with E-state index in [1.807, 2.05) is 12.1 Å². The van der Waals surface area contributed by atoms with E-state index < -0.39 is 5.82 Å². The Hall–Kier alpha value is -2.87. The second-order valence-electron chi connectivity index (χ2n) is 5.90. The fourth-order valence-corrected chi connectivity index (χ4v) is 3.00. The SMILES string of the molecule is N#Cc1ccc(CN=C(N)Nc2cccc3c2CCCC3)cc1F. The molecule has 0 unspecified atom stereocenters. The smallest absolute Gasteiger partial charge is 0.193 e. The first kappa shape index (κ1) is 16.0. The van der Waals surface area contributed by atoms with Gasteiger partial charge in [-0.3, -0.25) is 0 Å². The van der Waals surface area contributed by atoms with E-state index in [9.17, 15) is 4.39 Å². The van der Waals surface area contributed by atoms with Crippen molar-refractivity contribution in [1.82, 2.24) is 0 Å². The average molecular weight is 322 g/mol. The van der Waals surface area contributed by atoms with Crippen LogP contribution in [0.25, 0.3) is 0 Å². The van der Waals surface area contributed by atoms with Gasteiger partial charge in [0.05, 0.1) is 12.1 Å². The van der Waals surface area contributed by atoms with E-state index in [4.69, 9.17) is 11.0 Å². The summed E-state index contributed by atoms with van der Waals surface area (Å²) >= 11 is 0. The van der Waals surface area contributed by atoms with Gasteiger partial charge in [-0.2, -0.15) is 5.26 Å². The summed E-state index contributed by atoms with van der Waals surface area (Å²) < 4.78 is 13.6. The largest absolute Gasteiger partial charge is 0.370 e. The van der Waals surface area contributed by atoms with Crippen LogP contribution >= 0.6 is 0 Å². The molecule has 4 nitrogen and oxygen atoms in total. The normalized spacial score (nSPS) is 13.9. The molecule has 0 bridgehead atoms. The zero-order chi connectivity index (χ0) is 16.9. The molecule has 122 valence electrons. The minimum Gasteiger partial charge on any atom is -0.370 e. The Bertz CT molecular complexity index is 821. The summed E-state index contributed by atoms with van der Waals surface area (Å²) in [6.45, 7) is 0.260. The molecule has 0 atom stereocenters. The molecule has 0 saturated carbocycles. The highest BCUT2D eigenvalue weighted by molar-refractivity contribution is 5.93. The van der Waals surface area contributed by atoms with E-state index >= 15 is 0 Å². The molecule has 24 heavy (non-hydrogen) atoms. The first-order valence-electron chi connectivity index (χ1n) is 8.03. The first-order valence-corrected chi connectivity index (χ1v) is 8.03. The Balaban J connectivity index is 1.71. The summed E-state index contributed by atoms with van der Waals surface area (Å²) in [7, 11) is 0. The van der Waals surface area contributed by atoms with E-state index in [2.05, 4.69) is 16.4 Å². The van der Waals surface area contributed by atoms with Crippen molar-refractivity contribution in [3.05, 3.63) is 64.5 Å². The number of benzene rings is 2. The van der Waals surface area contributed by atoms with E-state index in [-0.39, 0.29) is 12.1 Å². The molecular weight excluding hydrogens is 303 g/mol. The lowest BCUT2D eigenvalue weighted by Gasteiger charge is -2.19. The molecular formula is C19H19FN4. The zero-order valence-electron chi connectivity index (χ0n) is 13.3. The molecule has 0 heterocycles. The second kappa shape index (κ2) is 7.14. The molecule has 5 heteroatoms. The molecule has 0 aromatic heterocycles. The van der Waals surface area contributed by atoms with Crippen LogP contribution in [0.1, 0.15) is 35.1 Å². The van der Waals surface area contributed by atoms with Gasteiger partial charge < -0.3 is 11.1 Å². The molecule has 0 radical (unpaired) electrons. The maximum Gasteiger partial charge on any atom is 0.193 e. The second-order valence-corrected chi connectivity index (χ2v) is 5.90. The Morgan fingerprint density at radius 1 is 1.25 bits per heavy atom. The predicted molar refractivity (Wildman–Crippen MR) is 93.1 cm³/mol. The van der Waals surface area contributed by atoms with Gasteiger partial charge in [0.25, 0.3) is 0 Å². The van der Waals surface area contributed by atoms with Gasteiger partial charge in [0.1, 0.15) is 11.9 Å². The minimum atomic E-state index is -0.533. The Labute approximate surface area is 140 Å². The van der Waals surface area contributed by atoms with Crippen LogP contribution in [0.4, 0.5) is 10.1 Å². The number of halogens is 1. The van der Waals surface area contributed by atoms with Gasteiger partial charge in [-0.15, -0.1) is 0 Å². The number of nitrogens with one attached hydrogen (secondary N) is 1. The van der Waals surface area contributed by atoms with Crippen LogP contribution in [0.3, 0.4) is 0 Å². The van der Waals surface area contributed by atoms with Crippen LogP contribution < -0.4 is 11.1 Å². The van der Waals surface area contributed by atoms with Gasteiger partial charge in [-0.1, -0.05) is 18.2 Å². The van der Waals surface area contributed by atoms with Crippen LogP contribution in [0.5, 0.6) is 0 Å². The highest BCUT2D eigenvalue weighted by atomic mass is 19.1. The molecule has 3 rings (SSSR count). The fraction of sp³-hybridized carbons (Fsp3) is 0.263. The minimum absolute atomic E-state index is 0.0322. The van der Waals surface area contributed by atoms with E-state index in [1.165, 1.54) is 36.1 Å². The number of guanidine groups is 1. The summed E-state index contributed by atoms with van der Waals surface area (Å²) in [6.07, 6.45) is 4.57. The number of rotatable bonds is 3. The molecule has 0 aliphatic heterocycles. The third-order valence-electron chi connectivity index (χ3n) is 4.24. The summed E-state index contributed by atoms with van der Waals surface area (Å²) in [6, 6.07) is 12.4. The molecule has 2 aromatic carbocycles. The van der Waals surface area contributed by atoms with Gasteiger partial charge in [-0.25, -0.2) is 9.38 Å². The monoisotopic (exact) mass is 322 g/mol. The molecule has 1 aliphatic rings. The molecule has 3 N–H and O–H groups in total. The third-order valence-corrected chi connectivity index (χ3v) is 4.24. The number of nitrogens with zero attached hydrogens (tertiary/aromatic N) is 2. The summed E-state index contributed by atoms with van der Waals surface area (Å²) in [4.78, 5) is 4.27. The van der Waals surface area contributed by atoms with Crippen LogP contribution in [0.2, 0.25) is 0 Å². The molecule has 1 aliphatic carbocycles. The number of nitriles is 1. The van der Waals surface area contributed by atoms with Crippen molar-refractivity contribution >= 4 is 11.6 Å². The number of hydrogen-bond acceptors (Lipinski definition) is 2. The van der Waals surface area contributed by atoms with E-state index in [0.29, 0.717) is 11.5 Å². The number of aryl methyl sites for hydroxylation is 1. The zero-order valence-corrected chi connectivity index (χ0v) is 13.3. The lowest BCUT2D eigenvalue weighted by Crippen LogP contribution is -2.24.